The standard InChI is InChI=1S/C21H27BN2O3/c22-14-8-7-13-21(23,20(26)27)15-24-18(16-9-3-1-4-10-16)19(25)17-11-5-2-6-12-17/h1-6,9-12,18-19,24-25H,7-8,13-15,23H2,(H,26,27)/t18-,19+,21?/m0/s1. The van der Waals surface area contributed by atoms with E-state index in [-0.39, 0.29) is 6.54 Å². The lowest BCUT2D eigenvalue weighted by Gasteiger charge is -2.31. The number of rotatable bonds is 11. The molecular formula is C21H27BN2O3. The Hall–Kier alpha value is -2.15. The number of aliphatic hydroxyl groups is 1. The molecule has 0 aromatic heterocycles. The third-order valence-corrected chi connectivity index (χ3v) is 4.76. The fraction of sp³-hybridized carbons (Fsp3) is 0.381. The van der Waals surface area contributed by atoms with Crippen LogP contribution >= 0.6 is 0 Å². The number of unbranched alkanes of at least 4 members (excludes halogenated alkanes) is 1. The highest BCUT2D eigenvalue weighted by Gasteiger charge is 2.35. The average molecular weight is 366 g/mol. The molecule has 2 aromatic rings. The fourth-order valence-electron chi connectivity index (χ4n) is 3.06. The minimum atomic E-state index is -1.42. The number of benzene rings is 2. The first-order valence-corrected chi connectivity index (χ1v) is 9.21. The van der Waals surface area contributed by atoms with E-state index in [0.29, 0.717) is 19.2 Å². The lowest BCUT2D eigenvalue weighted by Crippen LogP contribution is -2.56. The molecule has 1 unspecified atom stereocenters. The predicted molar refractivity (Wildman–Crippen MR) is 108 cm³/mol. The van der Waals surface area contributed by atoms with Crippen molar-refractivity contribution in [2.24, 2.45) is 5.73 Å². The minimum absolute atomic E-state index is 0.0381. The highest BCUT2D eigenvalue weighted by atomic mass is 16.4. The molecule has 0 aliphatic heterocycles. The highest BCUT2D eigenvalue weighted by molar-refractivity contribution is 6.08. The van der Waals surface area contributed by atoms with E-state index >= 15 is 0 Å². The summed E-state index contributed by atoms with van der Waals surface area (Å²) in [4.78, 5) is 11.7. The summed E-state index contributed by atoms with van der Waals surface area (Å²) in [5.41, 5.74) is 6.36. The number of aliphatic hydroxyl groups excluding tert-OH is 1. The van der Waals surface area contributed by atoms with Crippen LogP contribution in [0.25, 0.3) is 0 Å². The Morgan fingerprint density at radius 1 is 1.04 bits per heavy atom. The van der Waals surface area contributed by atoms with Crippen molar-refractivity contribution in [1.29, 1.82) is 0 Å². The molecule has 2 aromatic carbocycles. The number of nitrogens with one attached hydrogen (secondary N) is 1. The number of carboxylic acids is 1. The molecule has 2 rings (SSSR count). The molecule has 0 saturated heterocycles. The first-order chi connectivity index (χ1) is 13.0. The van der Waals surface area contributed by atoms with Gasteiger partial charge >= 0.3 is 5.97 Å². The van der Waals surface area contributed by atoms with Crippen molar-refractivity contribution in [3.63, 3.8) is 0 Å². The molecule has 0 spiro atoms. The van der Waals surface area contributed by atoms with Gasteiger partial charge in [0.15, 0.2) is 0 Å². The number of aliphatic carboxylic acids is 1. The first-order valence-electron chi connectivity index (χ1n) is 9.21. The highest BCUT2D eigenvalue weighted by Crippen LogP contribution is 2.29. The molecular weight excluding hydrogens is 339 g/mol. The molecule has 0 heterocycles. The van der Waals surface area contributed by atoms with Crippen LogP contribution < -0.4 is 11.1 Å². The van der Waals surface area contributed by atoms with Crippen LogP contribution in [0, 0.1) is 0 Å². The second-order valence-corrected chi connectivity index (χ2v) is 6.83. The molecule has 5 N–H and O–H groups in total. The molecule has 0 fully saturated rings. The van der Waals surface area contributed by atoms with Gasteiger partial charge in [-0.15, -0.1) is 0 Å². The van der Waals surface area contributed by atoms with Crippen LogP contribution in [0.15, 0.2) is 60.7 Å². The average Bonchev–Trinajstić information content (AvgIpc) is 2.69. The lowest BCUT2D eigenvalue weighted by atomic mass is 9.89. The lowest BCUT2D eigenvalue weighted by molar-refractivity contribution is -0.143. The quantitative estimate of drug-likeness (QED) is 0.362. The van der Waals surface area contributed by atoms with Gasteiger partial charge in [0.2, 0.25) is 0 Å². The molecule has 0 aliphatic rings. The summed E-state index contributed by atoms with van der Waals surface area (Å²) in [5.74, 6) is -1.06. The molecule has 0 aliphatic carbocycles. The number of carbonyl (C=O) groups is 1. The van der Waals surface area contributed by atoms with E-state index in [9.17, 15) is 15.0 Å². The van der Waals surface area contributed by atoms with Crippen LogP contribution in [0.5, 0.6) is 0 Å². The first kappa shape index (κ1) is 21.2. The normalized spacial score (nSPS) is 15.6. The van der Waals surface area contributed by atoms with Crippen LogP contribution in [0.4, 0.5) is 0 Å². The fourth-order valence-corrected chi connectivity index (χ4v) is 3.06. The van der Waals surface area contributed by atoms with Gasteiger partial charge in [0.25, 0.3) is 0 Å². The largest absolute Gasteiger partial charge is 0.480 e. The zero-order valence-electron chi connectivity index (χ0n) is 15.4. The van der Waals surface area contributed by atoms with Crippen LogP contribution in [-0.4, -0.2) is 36.1 Å². The summed E-state index contributed by atoms with van der Waals surface area (Å²) >= 11 is 0. The van der Waals surface area contributed by atoms with Gasteiger partial charge in [-0.1, -0.05) is 79.8 Å². The van der Waals surface area contributed by atoms with E-state index in [1.165, 1.54) is 0 Å². The third kappa shape index (κ3) is 5.92. The van der Waals surface area contributed by atoms with Crippen molar-refractivity contribution >= 4 is 13.8 Å². The van der Waals surface area contributed by atoms with Gasteiger partial charge in [-0.2, -0.15) is 0 Å². The van der Waals surface area contributed by atoms with Gasteiger partial charge in [0, 0.05) is 6.54 Å². The van der Waals surface area contributed by atoms with Gasteiger partial charge in [0.05, 0.1) is 20.0 Å². The van der Waals surface area contributed by atoms with E-state index in [0.717, 1.165) is 17.5 Å². The molecule has 0 bridgehead atoms. The van der Waals surface area contributed by atoms with Gasteiger partial charge in [-0.3, -0.25) is 4.79 Å². The third-order valence-electron chi connectivity index (χ3n) is 4.76. The van der Waals surface area contributed by atoms with Crippen molar-refractivity contribution in [2.75, 3.05) is 6.54 Å². The van der Waals surface area contributed by atoms with Crippen molar-refractivity contribution < 1.29 is 15.0 Å². The van der Waals surface area contributed by atoms with Gasteiger partial charge in [0.1, 0.15) is 5.54 Å². The summed E-state index contributed by atoms with van der Waals surface area (Å²) in [6.07, 6.45) is 1.34. The molecule has 27 heavy (non-hydrogen) atoms. The Morgan fingerprint density at radius 2 is 1.59 bits per heavy atom. The van der Waals surface area contributed by atoms with Crippen molar-refractivity contribution in [3.8, 4) is 0 Å². The summed E-state index contributed by atoms with van der Waals surface area (Å²) in [6, 6.07) is 18.3. The maximum Gasteiger partial charge on any atom is 0.325 e. The SMILES string of the molecule is [B]CCCCC(N)(CN[C@@H](c1ccccc1)[C@H](O)c1ccccc1)C(=O)O. The Labute approximate surface area is 162 Å². The molecule has 0 amide bonds. The zero-order chi connectivity index (χ0) is 19.7. The summed E-state index contributed by atoms with van der Waals surface area (Å²) in [6.45, 7) is 0.0381. The maximum atomic E-state index is 11.7. The second kappa shape index (κ2) is 10.3. The number of carboxylic acid groups (broad SMARTS) is 1. The van der Waals surface area contributed by atoms with Gasteiger partial charge < -0.3 is 21.3 Å². The van der Waals surface area contributed by atoms with Crippen molar-refractivity contribution in [2.45, 2.75) is 43.3 Å². The Morgan fingerprint density at radius 3 is 2.11 bits per heavy atom. The molecule has 5 nitrogen and oxygen atoms in total. The van der Waals surface area contributed by atoms with Gasteiger partial charge in [-0.25, -0.2) is 0 Å². The molecule has 6 heteroatoms. The molecule has 0 saturated carbocycles. The number of hydrogen-bond donors (Lipinski definition) is 4. The Bertz CT molecular complexity index is 699. The van der Waals surface area contributed by atoms with Crippen molar-refractivity contribution in [1.82, 2.24) is 5.32 Å². The van der Waals surface area contributed by atoms with Crippen LogP contribution in [-0.2, 0) is 4.79 Å². The zero-order valence-corrected chi connectivity index (χ0v) is 15.4. The van der Waals surface area contributed by atoms with Crippen LogP contribution in [0.3, 0.4) is 0 Å². The number of hydrogen-bond acceptors (Lipinski definition) is 4. The van der Waals surface area contributed by atoms with E-state index in [1.54, 1.807) is 0 Å². The van der Waals surface area contributed by atoms with Crippen LogP contribution in [0.2, 0.25) is 6.32 Å². The maximum absolute atomic E-state index is 11.7. The number of nitrogens with two attached hydrogens (primary N) is 1. The monoisotopic (exact) mass is 366 g/mol. The van der Waals surface area contributed by atoms with Gasteiger partial charge in [-0.05, 0) is 17.5 Å². The Balaban J connectivity index is 2.20. The molecule has 3 atom stereocenters. The van der Waals surface area contributed by atoms with Crippen molar-refractivity contribution in [3.05, 3.63) is 71.8 Å². The summed E-state index contributed by atoms with van der Waals surface area (Å²) in [7, 11) is 5.50. The second-order valence-electron chi connectivity index (χ2n) is 6.83. The molecule has 2 radical (unpaired) electrons. The van der Waals surface area contributed by atoms with E-state index < -0.39 is 23.7 Å². The predicted octanol–water partition coefficient (Wildman–Crippen LogP) is 2.59. The Kier molecular flexibility index (Phi) is 8.04. The minimum Gasteiger partial charge on any atom is -0.480 e. The topological polar surface area (TPSA) is 95.6 Å². The molecule has 142 valence electrons. The van der Waals surface area contributed by atoms with E-state index in [4.69, 9.17) is 13.6 Å². The van der Waals surface area contributed by atoms with Crippen LogP contribution in [0.1, 0.15) is 42.5 Å². The van der Waals surface area contributed by atoms with E-state index in [2.05, 4.69) is 5.32 Å². The smallest absolute Gasteiger partial charge is 0.325 e. The summed E-state index contributed by atoms with van der Waals surface area (Å²) in [5, 5.41) is 23.7. The summed E-state index contributed by atoms with van der Waals surface area (Å²) < 4.78 is 0. The van der Waals surface area contributed by atoms with E-state index in [1.807, 2.05) is 60.7 Å².